The Bertz CT molecular complexity index is 11.6. The van der Waals surface area contributed by atoms with Crippen LogP contribution in [0.5, 0.6) is 0 Å². The Balaban J connectivity index is 0. The average molecular weight is 261 g/mol. The minimum atomic E-state index is -3.65. The van der Waals surface area contributed by atoms with Crippen LogP contribution in [0.2, 0.25) is 0 Å². The van der Waals surface area contributed by atoms with Gasteiger partial charge < -0.3 is 12.6 Å². The monoisotopic (exact) mass is 260 g/mol. The zero-order chi connectivity index (χ0) is 3.58. The van der Waals surface area contributed by atoms with Crippen molar-refractivity contribution in [2.45, 2.75) is 0 Å². The topological polar surface area (TPSA) is 69.2 Å². The summed E-state index contributed by atoms with van der Waals surface area (Å²) in [5.41, 5.74) is 0. The molecule has 0 N–H and O–H groups in total. The Morgan fingerprint density at radius 3 is 1.00 bits per heavy atom. The molecule has 5 heteroatoms. The van der Waals surface area contributed by atoms with Crippen LogP contribution in [0.1, 0.15) is 0 Å². The van der Waals surface area contributed by atoms with Crippen molar-refractivity contribution >= 4 is 0 Å². The molecule has 5 heavy (non-hydrogen) atoms. The second-order valence-electron chi connectivity index (χ2n) is 0.189. The fraction of sp³-hybridized carbons (Fsp3) is 0. The van der Waals surface area contributed by atoms with Gasteiger partial charge in [0, 0.05) is 0 Å². The van der Waals surface area contributed by atoms with Gasteiger partial charge in [0.15, 0.2) is 0 Å². The molecule has 0 aromatic carbocycles. The first-order valence-corrected chi connectivity index (χ1v) is 2.41. The molecule has 0 fully saturated rings. The van der Waals surface area contributed by atoms with Crippen molar-refractivity contribution in [1.29, 1.82) is 0 Å². The van der Waals surface area contributed by atoms with Crippen molar-refractivity contribution in [3.8, 4) is 0 Å². The smallest absolute Gasteiger partial charge is 0.405 e. The van der Waals surface area contributed by atoms with E-state index in [1.165, 1.54) is 0 Å². The standard InChI is InChI=1S/BrO3.Cs/c2-1(3)4;/q-1;+1. The summed E-state index contributed by atoms with van der Waals surface area (Å²) in [6.45, 7) is 0. The summed E-state index contributed by atoms with van der Waals surface area (Å²) in [5.74, 6) is 0. The fourth-order valence-corrected chi connectivity index (χ4v) is 0. The fourth-order valence-electron chi connectivity index (χ4n) is 0. The van der Waals surface area contributed by atoms with Crippen LogP contribution >= 0.6 is 0 Å². The van der Waals surface area contributed by atoms with Gasteiger partial charge >= 0.3 is 68.9 Å². The molecule has 3 nitrogen and oxygen atoms in total. The van der Waals surface area contributed by atoms with Crippen LogP contribution in [-0.4, -0.2) is 0 Å². The van der Waals surface area contributed by atoms with Crippen molar-refractivity contribution in [1.82, 2.24) is 0 Å². The second-order valence-corrected chi connectivity index (χ2v) is 0.982. The van der Waals surface area contributed by atoms with Crippen LogP contribution in [0.4, 0.5) is 0 Å². The first-order valence-electron chi connectivity index (χ1n) is 0.463. The van der Waals surface area contributed by atoms with Crippen molar-refractivity contribution in [3.05, 3.63) is 0 Å². The molecule has 0 unspecified atom stereocenters. The summed E-state index contributed by atoms with van der Waals surface area (Å²) in [5, 5.41) is 0. The first kappa shape index (κ1) is 10.4. The zero-order valence-corrected chi connectivity index (χ0v) is 10.5. The van der Waals surface area contributed by atoms with Crippen LogP contribution in [0.25, 0.3) is 0 Å². The van der Waals surface area contributed by atoms with E-state index in [0.29, 0.717) is 0 Å². The van der Waals surface area contributed by atoms with Gasteiger partial charge in [-0.15, -0.1) is 0 Å². The van der Waals surface area contributed by atoms with Crippen LogP contribution < -0.4 is 81.5 Å². The minimum Gasteiger partial charge on any atom is -0.405 e. The molecule has 0 amide bonds. The Morgan fingerprint density at radius 2 is 1.00 bits per heavy atom. The first-order chi connectivity index (χ1) is 1.73. The second kappa shape index (κ2) is 6.41. The van der Waals surface area contributed by atoms with Crippen molar-refractivity contribution < 1.29 is 96.3 Å². The summed E-state index contributed by atoms with van der Waals surface area (Å²) in [6.07, 6.45) is 0. The van der Waals surface area contributed by atoms with Crippen LogP contribution in [0.3, 0.4) is 0 Å². The molecule has 0 atom stereocenters. The zero-order valence-electron chi connectivity index (χ0n) is 2.60. The van der Waals surface area contributed by atoms with Gasteiger partial charge in [-0.25, -0.2) is 0 Å². The number of halogens is 1. The maximum atomic E-state index is 8.52. The van der Waals surface area contributed by atoms with Crippen LogP contribution in [0, 0.1) is 14.8 Å². The van der Waals surface area contributed by atoms with Gasteiger partial charge in [-0.3, -0.25) is 0 Å². The molecule has 0 aliphatic rings. The summed E-state index contributed by atoms with van der Waals surface area (Å²) in [4.78, 5) is 0. The molecule has 0 rings (SSSR count). The quantitative estimate of drug-likeness (QED) is 0.435. The van der Waals surface area contributed by atoms with Gasteiger partial charge in [0.2, 0.25) is 14.8 Å². The summed E-state index contributed by atoms with van der Waals surface area (Å²) >= 11 is -3.65. The van der Waals surface area contributed by atoms with Gasteiger partial charge in [-0.1, -0.05) is 0 Å². The normalized spacial score (nSPS) is 7.20. The molecule has 0 spiro atoms. The summed E-state index contributed by atoms with van der Waals surface area (Å²) in [6, 6.07) is 0. The molecular weight excluding hydrogens is 261 g/mol. The third-order valence-corrected chi connectivity index (χ3v) is 0. The number of hydrogen-bond donors (Lipinski definition) is 0. The molecule has 26 valence electrons. The molecule has 0 heterocycles. The van der Waals surface area contributed by atoms with E-state index in [1.807, 2.05) is 0 Å². The molecule has 0 radical (unpaired) electrons. The SMILES string of the molecule is [Cs+].[O-][Br+2]([O-])[O-]. The van der Waals surface area contributed by atoms with Gasteiger partial charge in [0.05, 0.1) is 0 Å². The predicted octanol–water partition coefficient (Wildman–Crippen LogP) is -6.56. The molecule has 0 aromatic heterocycles. The maximum absolute atomic E-state index is 8.52. The Morgan fingerprint density at radius 1 is 1.00 bits per heavy atom. The van der Waals surface area contributed by atoms with Gasteiger partial charge in [0.1, 0.15) is 0 Å². The van der Waals surface area contributed by atoms with E-state index in [0.717, 1.165) is 0 Å². The van der Waals surface area contributed by atoms with E-state index in [4.69, 9.17) is 12.6 Å². The van der Waals surface area contributed by atoms with Gasteiger partial charge in [-0.05, 0) is 0 Å². The largest absolute Gasteiger partial charge is 1.00 e. The average Bonchev–Trinajstić information content (AvgIpc) is 0.811. The van der Waals surface area contributed by atoms with E-state index in [9.17, 15) is 0 Å². The molecule has 0 aliphatic heterocycles. The Labute approximate surface area is 93.6 Å². The van der Waals surface area contributed by atoms with Gasteiger partial charge in [0.25, 0.3) is 0 Å². The molecule has 0 aliphatic carbocycles. The summed E-state index contributed by atoms with van der Waals surface area (Å²) in [7, 11) is 0. The van der Waals surface area contributed by atoms with Crippen molar-refractivity contribution in [2.75, 3.05) is 0 Å². The predicted molar refractivity (Wildman–Crippen MR) is 0 cm³/mol. The number of rotatable bonds is 0. The van der Waals surface area contributed by atoms with E-state index in [2.05, 4.69) is 0 Å². The van der Waals surface area contributed by atoms with E-state index in [-0.39, 0.29) is 68.9 Å². The number of hydrogen-bond acceptors (Lipinski definition) is 3. The Kier molecular flexibility index (Phi) is 13.3. The van der Waals surface area contributed by atoms with Crippen LogP contribution in [0.15, 0.2) is 0 Å². The maximum Gasteiger partial charge on any atom is 1.00 e. The molecular formula is BrCsO3. The van der Waals surface area contributed by atoms with Gasteiger partial charge in [-0.2, -0.15) is 0 Å². The van der Waals surface area contributed by atoms with Crippen LogP contribution in [-0.2, 0) is 0 Å². The minimum absolute atomic E-state index is 0. The molecule has 0 aromatic rings. The van der Waals surface area contributed by atoms with Crippen molar-refractivity contribution in [2.24, 2.45) is 0 Å². The molecule has 0 bridgehead atoms. The van der Waals surface area contributed by atoms with E-state index >= 15 is 0 Å². The Hall–Kier alpha value is 2.41. The van der Waals surface area contributed by atoms with Crippen molar-refractivity contribution in [3.63, 3.8) is 0 Å². The third kappa shape index (κ3) is 21.5. The molecule has 0 saturated carbocycles. The van der Waals surface area contributed by atoms with E-state index < -0.39 is 14.8 Å². The van der Waals surface area contributed by atoms with E-state index in [1.54, 1.807) is 0 Å². The summed E-state index contributed by atoms with van der Waals surface area (Å²) < 4.78 is 25.6. The molecule has 0 saturated heterocycles. The third-order valence-electron chi connectivity index (χ3n) is 0.